The Kier molecular flexibility index (Phi) is 4.43. The van der Waals surface area contributed by atoms with Gasteiger partial charge in [0.1, 0.15) is 5.75 Å². The van der Waals surface area contributed by atoms with Gasteiger partial charge in [-0.2, -0.15) is 0 Å². The Bertz CT molecular complexity index is 652. The van der Waals surface area contributed by atoms with Gasteiger partial charge >= 0.3 is 5.97 Å². The van der Waals surface area contributed by atoms with E-state index in [0.29, 0.717) is 18.6 Å². The molecule has 1 saturated carbocycles. The van der Waals surface area contributed by atoms with Gasteiger partial charge in [-0.15, -0.1) is 0 Å². The van der Waals surface area contributed by atoms with Crippen molar-refractivity contribution in [3.8, 4) is 5.75 Å². The van der Waals surface area contributed by atoms with Gasteiger partial charge in [0, 0.05) is 25.2 Å². The zero-order chi connectivity index (χ0) is 17.3. The number of carboxylic acids is 1. The van der Waals surface area contributed by atoms with E-state index in [-0.39, 0.29) is 25.7 Å². The summed E-state index contributed by atoms with van der Waals surface area (Å²) < 4.78 is 31.8. The predicted octanol–water partition coefficient (Wildman–Crippen LogP) is 2.69. The van der Waals surface area contributed by atoms with Gasteiger partial charge in [-0.1, -0.05) is 6.07 Å². The third kappa shape index (κ3) is 3.49. The fourth-order valence-corrected chi connectivity index (χ4v) is 3.24. The van der Waals surface area contributed by atoms with E-state index < -0.39 is 29.8 Å². The van der Waals surface area contributed by atoms with E-state index in [1.165, 1.54) is 0 Å². The van der Waals surface area contributed by atoms with Crippen LogP contribution in [0.15, 0.2) is 18.2 Å². The first kappa shape index (κ1) is 16.7. The molecular weight excluding hydrogens is 320 g/mol. The standard InChI is InChI=1S/C17H19F2NO4/c18-17(19)6-3-10(4-7-17)15(21)20-14(16(22)23)12-1-2-13-11(9-12)5-8-24-13/h1-2,9-10,14H,3-8H2,(H,20,21)(H,22,23). The van der Waals surface area contributed by atoms with E-state index >= 15 is 0 Å². The molecule has 1 heterocycles. The summed E-state index contributed by atoms with van der Waals surface area (Å²) >= 11 is 0. The minimum atomic E-state index is -2.72. The normalized spacial score (nSPS) is 20.8. The Labute approximate surface area is 138 Å². The molecule has 0 radical (unpaired) electrons. The summed E-state index contributed by atoms with van der Waals surface area (Å²) in [5.41, 5.74) is 1.37. The largest absolute Gasteiger partial charge is 0.493 e. The predicted molar refractivity (Wildman–Crippen MR) is 81.1 cm³/mol. The monoisotopic (exact) mass is 339 g/mol. The van der Waals surface area contributed by atoms with Crippen LogP contribution in [0.1, 0.15) is 42.9 Å². The van der Waals surface area contributed by atoms with Crippen LogP contribution in [0.4, 0.5) is 8.78 Å². The van der Waals surface area contributed by atoms with Crippen molar-refractivity contribution in [3.05, 3.63) is 29.3 Å². The number of benzene rings is 1. The molecule has 0 saturated heterocycles. The first-order valence-corrected chi connectivity index (χ1v) is 8.02. The maximum atomic E-state index is 13.2. The van der Waals surface area contributed by atoms with Crippen LogP contribution in [0.25, 0.3) is 0 Å². The van der Waals surface area contributed by atoms with Gasteiger partial charge in [-0.3, -0.25) is 4.79 Å². The second kappa shape index (κ2) is 6.37. The van der Waals surface area contributed by atoms with Crippen LogP contribution >= 0.6 is 0 Å². The van der Waals surface area contributed by atoms with Crippen molar-refractivity contribution in [2.75, 3.05) is 6.61 Å². The summed E-state index contributed by atoms with van der Waals surface area (Å²) in [6, 6.07) is 3.83. The zero-order valence-electron chi connectivity index (χ0n) is 13.1. The highest BCUT2D eigenvalue weighted by Crippen LogP contribution is 2.36. The van der Waals surface area contributed by atoms with E-state index in [1.54, 1.807) is 18.2 Å². The highest BCUT2D eigenvalue weighted by molar-refractivity contribution is 5.86. The SMILES string of the molecule is O=C(NC(C(=O)O)c1ccc2c(c1)CCO2)C1CCC(F)(F)CC1. The quantitative estimate of drug-likeness (QED) is 0.884. The molecule has 1 atom stereocenters. The molecule has 1 amide bonds. The van der Waals surface area contributed by atoms with Crippen LogP contribution < -0.4 is 10.1 Å². The number of hydrogen-bond acceptors (Lipinski definition) is 3. The Morgan fingerprint density at radius 2 is 2.00 bits per heavy atom. The smallest absolute Gasteiger partial charge is 0.330 e. The van der Waals surface area contributed by atoms with Gasteiger partial charge in [0.25, 0.3) is 0 Å². The molecule has 5 nitrogen and oxygen atoms in total. The number of aliphatic carboxylic acids is 1. The average Bonchev–Trinajstić information content (AvgIpc) is 2.99. The van der Waals surface area contributed by atoms with Crippen LogP contribution in [0, 0.1) is 5.92 Å². The van der Waals surface area contributed by atoms with Crippen LogP contribution in [-0.2, 0) is 16.0 Å². The fourth-order valence-electron chi connectivity index (χ4n) is 3.24. The van der Waals surface area contributed by atoms with Crippen molar-refractivity contribution in [2.24, 2.45) is 5.92 Å². The van der Waals surface area contributed by atoms with Gasteiger partial charge in [-0.05, 0) is 36.1 Å². The van der Waals surface area contributed by atoms with Crippen molar-refractivity contribution in [1.29, 1.82) is 0 Å². The van der Waals surface area contributed by atoms with Gasteiger partial charge in [0.15, 0.2) is 6.04 Å². The molecule has 3 rings (SSSR count). The number of rotatable bonds is 4. The summed E-state index contributed by atoms with van der Waals surface area (Å²) in [6.45, 7) is 0.555. The van der Waals surface area contributed by atoms with E-state index in [4.69, 9.17) is 4.74 Å². The molecule has 1 aromatic carbocycles. The van der Waals surface area contributed by atoms with Crippen molar-refractivity contribution < 1.29 is 28.2 Å². The van der Waals surface area contributed by atoms with Gasteiger partial charge in [-0.25, -0.2) is 13.6 Å². The molecule has 1 aliphatic heterocycles. The first-order chi connectivity index (χ1) is 11.4. The molecule has 1 fully saturated rings. The number of carbonyl (C=O) groups is 2. The maximum Gasteiger partial charge on any atom is 0.330 e. The topological polar surface area (TPSA) is 75.6 Å². The lowest BCUT2D eigenvalue weighted by atomic mass is 9.86. The van der Waals surface area contributed by atoms with E-state index in [1.807, 2.05) is 0 Å². The molecule has 0 aromatic heterocycles. The number of carbonyl (C=O) groups excluding carboxylic acids is 1. The molecule has 2 N–H and O–H groups in total. The molecule has 1 aromatic rings. The van der Waals surface area contributed by atoms with Crippen LogP contribution in [-0.4, -0.2) is 29.5 Å². The number of alkyl halides is 2. The molecule has 1 unspecified atom stereocenters. The van der Waals surface area contributed by atoms with E-state index in [9.17, 15) is 23.5 Å². The Balaban J connectivity index is 1.70. The fraction of sp³-hybridized carbons (Fsp3) is 0.529. The average molecular weight is 339 g/mol. The molecular formula is C17H19F2NO4. The highest BCUT2D eigenvalue weighted by Gasteiger charge is 2.38. The third-order valence-corrected chi connectivity index (χ3v) is 4.67. The molecule has 7 heteroatoms. The summed E-state index contributed by atoms with van der Waals surface area (Å²) in [4.78, 5) is 23.8. The number of halogens is 2. The molecule has 24 heavy (non-hydrogen) atoms. The molecule has 0 spiro atoms. The Morgan fingerprint density at radius 1 is 1.29 bits per heavy atom. The number of carboxylic acid groups (broad SMARTS) is 1. The lowest BCUT2D eigenvalue weighted by Crippen LogP contribution is -2.40. The number of fused-ring (bicyclic) bond motifs is 1. The molecule has 2 aliphatic rings. The van der Waals surface area contributed by atoms with Crippen molar-refractivity contribution >= 4 is 11.9 Å². The lowest BCUT2D eigenvalue weighted by Gasteiger charge is -2.28. The molecule has 130 valence electrons. The third-order valence-electron chi connectivity index (χ3n) is 4.67. The number of hydrogen-bond donors (Lipinski definition) is 2. The first-order valence-electron chi connectivity index (χ1n) is 8.02. The Hall–Kier alpha value is -2.18. The summed E-state index contributed by atoms with van der Waals surface area (Å²) in [5, 5.41) is 11.9. The summed E-state index contributed by atoms with van der Waals surface area (Å²) in [5.74, 6) is -4.21. The maximum absolute atomic E-state index is 13.2. The highest BCUT2D eigenvalue weighted by atomic mass is 19.3. The van der Waals surface area contributed by atoms with Crippen molar-refractivity contribution in [1.82, 2.24) is 5.32 Å². The number of ether oxygens (including phenoxy) is 1. The molecule has 0 bridgehead atoms. The lowest BCUT2D eigenvalue weighted by molar-refractivity contribution is -0.143. The minimum absolute atomic E-state index is 0.0726. The molecule has 1 aliphatic carbocycles. The second-order valence-corrected chi connectivity index (χ2v) is 6.38. The van der Waals surface area contributed by atoms with Crippen LogP contribution in [0.5, 0.6) is 5.75 Å². The van der Waals surface area contributed by atoms with Crippen molar-refractivity contribution in [2.45, 2.75) is 44.1 Å². The second-order valence-electron chi connectivity index (χ2n) is 6.38. The van der Waals surface area contributed by atoms with Gasteiger partial charge in [0.2, 0.25) is 11.8 Å². The zero-order valence-corrected chi connectivity index (χ0v) is 13.1. The Morgan fingerprint density at radius 3 is 2.67 bits per heavy atom. The van der Waals surface area contributed by atoms with Crippen molar-refractivity contribution in [3.63, 3.8) is 0 Å². The van der Waals surface area contributed by atoms with Crippen LogP contribution in [0.3, 0.4) is 0 Å². The van der Waals surface area contributed by atoms with Gasteiger partial charge < -0.3 is 15.2 Å². The summed E-state index contributed by atoms with van der Waals surface area (Å²) in [6.07, 6.45) is 0.172. The van der Waals surface area contributed by atoms with Gasteiger partial charge in [0.05, 0.1) is 6.61 Å². The van der Waals surface area contributed by atoms with E-state index in [2.05, 4.69) is 5.32 Å². The van der Waals surface area contributed by atoms with E-state index in [0.717, 1.165) is 11.3 Å². The minimum Gasteiger partial charge on any atom is -0.493 e. The number of amides is 1. The summed E-state index contributed by atoms with van der Waals surface area (Å²) in [7, 11) is 0. The number of nitrogens with one attached hydrogen (secondary N) is 1. The van der Waals surface area contributed by atoms with Crippen LogP contribution in [0.2, 0.25) is 0 Å².